The molecule has 3 heteroatoms. The Morgan fingerprint density at radius 2 is 1.75 bits per heavy atom. The molecule has 0 aliphatic heterocycles. The van der Waals surface area contributed by atoms with Gasteiger partial charge in [0.15, 0.2) is 0 Å². The van der Waals surface area contributed by atoms with Crippen LogP contribution in [0, 0.1) is 5.92 Å². The Bertz CT molecular complexity index is 502. The second kappa shape index (κ2) is 6.51. The molecular weight excluding hydrogens is 266 g/mol. The first-order valence-corrected chi connectivity index (χ1v) is 8.20. The van der Waals surface area contributed by atoms with Crippen molar-refractivity contribution in [3.63, 3.8) is 0 Å². The van der Waals surface area contributed by atoms with Gasteiger partial charge in [0.25, 0.3) is 0 Å². The fourth-order valence-corrected chi connectivity index (χ4v) is 3.04. The van der Waals surface area contributed by atoms with Crippen molar-refractivity contribution in [3.05, 3.63) is 60.2 Å². The van der Waals surface area contributed by atoms with Crippen molar-refractivity contribution in [2.45, 2.75) is 38.0 Å². The van der Waals surface area contributed by atoms with Crippen LogP contribution in [-0.4, -0.2) is 8.96 Å². The molecule has 0 radical (unpaired) electrons. The molecule has 1 aromatic rings. The van der Waals surface area contributed by atoms with Crippen LogP contribution in [0.15, 0.2) is 54.6 Å². The maximum Gasteiger partial charge on any atom is 0.0976 e. The molecule has 20 heavy (non-hydrogen) atoms. The summed E-state index contributed by atoms with van der Waals surface area (Å²) in [5.41, 5.74) is 1.17. The molecule has 1 N–H and O–H groups in total. The number of rotatable bonds is 4. The van der Waals surface area contributed by atoms with Gasteiger partial charge in [-0.2, -0.15) is 0 Å². The number of benzene rings is 1. The molecule has 0 saturated heterocycles. The summed E-state index contributed by atoms with van der Waals surface area (Å²) in [7, 11) is -1.09. The Hall–Kier alpha value is -1.19. The van der Waals surface area contributed by atoms with Gasteiger partial charge >= 0.3 is 0 Å². The van der Waals surface area contributed by atoms with E-state index in [2.05, 4.69) is 41.2 Å². The largest absolute Gasteiger partial charge is 0.242 e. The van der Waals surface area contributed by atoms with Crippen LogP contribution in [0.4, 0.5) is 0 Å². The van der Waals surface area contributed by atoms with Crippen molar-refractivity contribution in [1.29, 1.82) is 0 Å². The zero-order valence-electron chi connectivity index (χ0n) is 12.4. The molecule has 0 spiro atoms. The Morgan fingerprint density at radius 3 is 2.30 bits per heavy atom. The predicted molar refractivity (Wildman–Crippen MR) is 86.6 cm³/mol. The molecular formula is C17H23NOS. The molecule has 2 nitrogen and oxygen atoms in total. The molecule has 2 atom stereocenters. The third-order valence-electron chi connectivity index (χ3n) is 3.32. The summed E-state index contributed by atoms with van der Waals surface area (Å²) in [5, 5.41) is 0. The van der Waals surface area contributed by atoms with Crippen LogP contribution in [0.3, 0.4) is 0 Å². The Kier molecular flexibility index (Phi) is 4.95. The van der Waals surface area contributed by atoms with Crippen molar-refractivity contribution in [2.75, 3.05) is 0 Å². The molecule has 0 fully saturated rings. The lowest BCUT2D eigenvalue weighted by atomic mass is 9.90. The van der Waals surface area contributed by atoms with Gasteiger partial charge in [-0.25, -0.2) is 8.93 Å². The van der Waals surface area contributed by atoms with Crippen LogP contribution in [0.25, 0.3) is 0 Å². The van der Waals surface area contributed by atoms with E-state index in [9.17, 15) is 4.21 Å². The minimum atomic E-state index is -1.09. The lowest BCUT2D eigenvalue weighted by molar-refractivity contribution is 0.544. The molecule has 0 heterocycles. The van der Waals surface area contributed by atoms with Gasteiger partial charge < -0.3 is 0 Å². The zero-order chi connectivity index (χ0) is 14.6. The van der Waals surface area contributed by atoms with Crippen molar-refractivity contribution in [3.8, 4) is 0 Å². The van der Waals surface area contributed by atoms with Gasteiger partial charge in [-0.3, -0.25) is 0 Å². The smallest absolute Gasteiger partial charge is 0.0976 e. The average Bonchev–Trinajstić information content (AvgIpc) is 2.45. The second-order valence-electron chi connectivity index (χ2n) is 6.06. The van der Waals surface area contributed by atoms with Gasteiger partial charge in [0, 0.05) is 5.92 Å². The third-order valence-corrected chi connectivity index (χ3v) is 4.90. The van der Waals surface area contributed by atoms with Gasteiger partial charge in [-0.1, -0.05) is 54.6 Å². The maximum atomic E-state index is 12.4. The Labute approximate surface area is 124 Å². The molecule has 0 amide bonds. The summed E-state index contributed by atoms with van der Waals surface area (Å²) in [6, 6.07) is 10.3. The Balaban J connectivity index is 2.25. The summed E-state index contributed by atoms with van der Waals surface area (Å²) in [6.07, 6.45) is 9.72. The van der Waals surface area contributed by atoms with Crippen LogP contribution in [0.2, 0.25) is 0 Å². The van der Waals surface area contributed by atoms with Gasteiger partial charge in [0.1, 0.15) is 0 Å². The van der Waals surface area contributed by atoms with Crippen molar-refractivity contribution in [1.82, 2.24) is 4.72 Å². The molecule has 1 aromatic carbocycles. The van der Waals surface area contributed by atoms with E-state index in [1.54, 1.807) is 0 Å². The summed E-state index contributed by atoms with van der Waals surface area (Å²) in [4.78, 5) is 0. The maximum absolute atomic E-state index is 12.4. The molecule has 1 aliphatic rings. The van der Waals surface area contributed by atoms with Crippen LogP contribution in [0.5, 0.6) is 0 Å². The normalized spacial score (nSPS) is 18.9. The molecule has 0 saturated carbocycles. The standard InChI is InChI=1S/C17H23NOS/c1-17(2,3)20(19)18-16(14-10-6-4-7-11-14)15-12-8-5-9-13-15/h4,6-13,15-16,18H,5H2,1-3H3/t16-,20?/m1/s1. The lowest BCUT2D eigenvalue weighted by Gasteiger charge is -2.28. The minimum absolute atomic E-state index is 0.0454. The summed E-state index contributed by atoms with van der Waals surface area (Å²) in [5.74, 6) is 0.248. The van der Waals surface area contributed by atoms with Crippen molar-refractivity contribution in [2.24, 2.45) is 5.92 Å². The third kappa shape index (κ3) is 3.90. The number of hydrogen-bond donors (Lipinski definition) is 1. The molecule has 108 valence electrons. The molecule has 1 unspecified atom stereocenters. The van der Waals surface area contributed by atoms with E-state index in [0.717, 1.165) is 6.42 Å². The number of allylic oxidation sites excluding steroid dienone is 2. The highest BCUT2D eigenvalue weighted by Gasteiger charge is 2.27. The van der Waals surface area contributed by atoms with Crippen LogP contribution >= 0.6 is 0 Å². The van der Waals surface area contributed by atoms with Crippen LogP contribution < -0.4 is 4.72 Å². The summed E-state index contributed by atoms with van der Waals surface area (Å²) < 4.78 is 15.5. The van der Waals surface area contributed by atoms with Gasteiger partial charge in [0.05, 0.1) is 21.8 Å². The van der Waals surface area contributed by atoms with Gasteiger partial charge in [-0.15, -0.1) is 0 Å². The fourth-order valence-electron chi connectivity index (χ4n) is 2.16. The highest BCUT2D eigenvalue weighted by Crippen LogP contribution is 2.28. The van der Waals surface area contributed by atoms with Crippen LogP contribution in [0.1, 0.15) is 38.8 Å². The first-order valence-electron chi connectivity index (χ1n) is 7.05. The topological polar surface area (TPSA) is 29.1 Å². The zero-order valence-corrected chi connectivity index (χ0v) is 13.2. The van der Waals surface area contributed by atoms with Crippen LogP contribution in [-0.2, 0) is 11.0 Å². The summed E-state index contributed by atoms with van der Waals surface area (Å²) >= 11 is 0. The van der Waals surface area contributed by atoms with E-state index < -0.39 is 11.0 Å². The van der Waals surface area contributed by atoms with Gasteiger partial charge in [0.2, 0.25) is 0 Å². The molecule has 2 rings (SSSR count). The second-order valence-corrected chi connectivity index (χ2v) is 8.05. The van der Waals surface area contributed by atoms with E-state index >= 15 is 0 Å². The van der Waals surface area contributed by atoms with E-state index in [0.29, 0.717) is 0 Å². The van der Waals surface area contributed by atoms with E-state index in [4.69, 9.17) is 0 Å². The monoisotopic (exact) mass is 289 g/mol. The summed E-state index contributed by atoms with van der Waals surface area (Å²) in [6.45, 7) is 5.97. The SMILES string of the molecule is CC(C)(C)S(=O)N[C@H](c1ccccc1)C1C=CCC=C1. The molecule has 1 aliphatic carbocycles. The van der Waals surface area contributed by atoms with E-state index in [1.807, 2.05) is 39.0 Å². The Morgan fingerprint density at radius 1 is 1.15 bits per heavy atom. The van der Waals surface area contributed by atoms with E-state index in [1.165, 1.54) is 5.56 Å². The molecule has 0 bridgehead atoms. The van der Waals surface area contributed by atoms with Crippen molar-refractivity contribution >= 4 is 11.0 Å². The lowest BCUT2D eigenvalue weighted by Crippen LogP contribution is -2.38. The fraction of sp³-hybridized carbons (Fsp3) is 0.412. The number of hydrogen-bond acceptors (Lipinski definition) is 1. The predicted octanol–water partition coefficient (Wildman–Crippen LogP) is 3.91. The van der Waals surface area contributed by atoms with E-state index in [-0.39, 0.29) is 16.7 Å². The molecule has 0 aromatic heterocycles. The quantitative estimate of drug-likeness (QED) is 0.837. The first-order chi connectivity index (χ1) is 9.48. The first kappa shape index (κ1) is 15.2. The average molecular weight is 289 g/mol. The highest BCUT2D eigenvalue weighted by atomic mass is 32.2. The highest BCUT2D eigenvalue weighted by molar-refractivity contribution is 7.84. The van der Waals surface area contributed by atoms with Crippen molar-refractivity contribution < 1.29 is 4.21 Å². The number of nitrogens with one attached hydrogen (secondary N) is 1. The minimum Gasteiger partial charge on any atom is -0.242 e. The van der Waals surface area contributed by atoms with Gasteiger partial charge in [-0.05, 0) is 32.8 Å².